The highest BCUT2D eigenvalue weighted by Gasteiger charge is 2.25. The fraction of sp³-hybridized carbons (Fsp3) is 0.462. The Balaban J connectivity index is 2.27. The fourth-order valence-electron chi connectivity index (χ4n) is 2.10. The topological polar surface area (TPSA) is 62.3 Å². The molecule has 0 amide bonds. The van der Waals surface area contributed by atoms with Crippen molar-refractivity contribution in [3.05, 3.63) is 28.2 Å². The van der Waals surface area contributed by atoms with Crippen LogP contribution in [0.4, 0.5) is 5.69 Å². The Hall–Kier alpha value is -1.09. The average molecular weight is 310 g/mol. The predicted octanol–water partition coefficient (Wildman–Crippen LogP) is 1.87. The van der Waals surface area contributed by atoms with Gasteiger partial charge in [0, 0.05) is 23.6 Å². The zero-order valence-corrected chi connectivity index (χ0v) is 11.9. The SMILES string of the molecule is CC(N)C1CN(c2cccc(Br)c2C#N)CCO1. The molecule has 0 aromatic heterocycles. The number of halogens is 1. The van der Waals surface area contributed by atoms with E-state index in [4.69, 9.17) is 10.5 Å². The highest BCUT2D eigenvalue weighted by Crippen LogP contribution is 2.28. The maximum absolute atomic E-state index is 9.24. The summed E-state index contributed by atoms with van der Waals surface area (Å²) in [5, 5.41) is 9.24. The summed E-state index contributed by atoms with van der Waals surface area (Å²) in [6.45, 7) is 4.10. The zero-order chi connectivity index (χ0) is 13.1. The first-order valence-electron chi connectivity index (χ1n) is 5.94. The van der Waals surface area contributed by atoms with Crippen molar-refractivity contribution in [3.63, 3.8) is 0 Å². The van der Waals surface area contributed by atoms with Gasteiger partial charge in [-0.25, -0.2) is 0 Å². The van der Waals surface area contributed by atoms with Gasteiger partial charge in [-0.15, -0.1) is 0 Å². The monoisotopic (exact) mass is 309 g/mol. The first-order valence-corrected chi connectivity index (χ1v) is 6.73. The molecule has 1 fully saturated rings. The van der Waals surface area contributed by atoms with Crippen LogP contribution >= 0.6 is 15.9 Å². The molecule has 1 aromatic rings. The number of hydrogen-bond acceptors (Lipinski definition) is 4. The Bertz CT molecular complexity index is 470. The van der Waals surface area contributed by atoms with Crippen LogP contribution in [0.15, 0.2) is 22.7 Å². The van der Waals surface area contributed by atoms with Gasteiger partial charge in [-0.05, 0) is 35.0 Å². The molecular formula is C13H16BrN3O. The van der Waals surface area contributed by atoms with Crippen LogP contribution in [0.3, 0.4) is 0 Å². The van der Waals surface area contributed by atoms with Gasteiger partial charge in [0.1, 0.15) is 6.07 Å². The minimum atomic E-state index is -0.00881. The molecule has 0 aliphatic carbocycles. The van der Waals surface area contributed by atoms with E-state index in [2.05, 4.69) is 26.9 Å². The molecule has 1 aromatic carbocycles. The molecule has 2 unspecified atom stereocenters. The molecule has 1 aliphatic rings. The van der Waals surface area contributed by atoms with Crippen LogP contribution in [-0.4, -0.2) is 31.8 Å². The van der Waals surface area contributed by atoms with Crippen LogP contribution in [0.25, 0.3) is 0 Å². The molecule has 5 heteroatoms. The van der Waals surface area contributed by atoms with E-state index in [9.17, 15) is 5.26 Å². The highest BCUT2D eigenvalue weighted by molar-refractivity contribution is 9.10. The largest absolute Gasteiger partial charge is 0.373 e. The lowest BCUT2D eigenvalue weighted by atomic mass is 10.1. The fourth-order valence-corrected chi connectivity index (χ4v) is 2.54. The maximum Gasteiger partial charge on any atom is 0.103 e. The van der Waals surface area contributed by atoms with Gasteiger partial charge in [0.2, 0.25) is 0 Å². The van der Waals surface area contributed by atoms with Crippen molar-refractivity contribution in [1.82, 2.24) is 0 Å². The molecule has 2 rings (SSSR count). The molecule has 18 heavy (non-hydrogen) atoms. The molecule has 0 bridgehead atoms. The van der Waals surface area contributed by atoms with Gasteiger partial charge in [-0.3, -0.25) is 0 Å². The Labute approximate surface area is 115 Å². The number of nitrogens with two attached hydrogens (primary N) is 1. The molecule has 4 nitrogen and oxygen atoms in total. The number of benzene rings is 1. The lowest BCUT2D eigenvalue weighted by Gasteiger charge is -2.36. The molecule has 0 radical (unpaired) electrons. The molecule has 96 valence electrons. The molecule has 0 spiro atoms. The predicted molar refractivity (Wildman–Crippen MR) is 74.5 cm³/mol. The van der Waals surface area contributed by atoms with Gasteiger partial charge in [0.05, 0.1) is 24.0 Å². The van der Waals surface area contributed by atoms with Crippen molar-refractivity contribution in [2.24, 2.45) is 5.73 Å². The van der Waals surface area contributed by atoms with Gasteiger partial charge in [0.25, 0.3) is 0 Å². The molecule has 0 saturated carbocycles. The summed E-state index contributed by atoms with van der Waals surface area (Å²) in [5.41, 5.74) is 7.50. The van der Waals surface area contributed by atoms with Crippen molar-refractivity contribution in [1.29, 1.82) is 5.26 Å². The first-order chi connectivity index (χ1) is 8.63. The molecule has 1 saturated heterocycles. The number of morpholine rings is 1. The van der Waals surface area contributed by atoms with Crippen molar-refractivity contribution >= 4 is 21.6 Å². The van der Waals surface area contributed by atoms with Crippen LogP contribution in [0.1, 0.15) is 12.5 Å². The zero-order valence-electron chi connectivity index (χ0n) is 10.3. The van der Waals surface area contributed by atoms with Crippen LogP contribution in [0.2, 0.25) is 0 Å². The van der Waals surface area contributed by atoms with E-state index >= 15 is 0 Å². The third-order valence-electron chi connectivity index (χ3n) is 3.12. The average Bonchev–Trinajstić information content (AvgIpc) is 2.38. The molecule has 2 N–H and O–H groups in total. The Morgan fingerprint density at radius 3 is 3.06 bits per heavy atom. The second-order valence-electron chi connectivity index (χ2n) is 4.46. The van der Waals surface area contributed by atoms with Crippen LogP contribution < -0.4 is 10.6 Å². The van der Waals surface area contributed by atoms with Crippen molar-refractivity contribution in [2.45, 2.75) is 19.1 Å². The second-order valence-corrected chi connectivity index (χ2v) is 5.31. The van der Waals surface area contributed by atoms with Gasteiger partial charge >= 0.3 is 0 Å². The summed E-state index contributed by atoms with van der Waals surface area (Å²) in [6.07, 6.45) is 0.0178. The van der Waals surface area contributed by atoms with Crippen molar-refractivity contribution in [2.75, 3.05) is 24.6 Å². The third kappa shape index (κ3) is 2.66. The maximum atomic E-state index is 9.24. The lowest BCUT2D eigenvalue weighted by Crippen LogP contribution is -2.49. The number of nitriles is 1. The Morgan fingerprint density at radius 2 is 2.39 bits per heavy atom. The second kappa shape index (κ2) is 5.70. The first kappa shape index (κ1) is 13.3. The van der Waals surface area contributed by atoms with Crippen molar-refractivity contribution < 1.29 is 4.74 Å². The van der Waals surface area contributed by atoms with E-state index in [-0.39, 0.29) is 12.1 Å². The smallest absolute Gasteiger partial charge is 0.103 e. The minimum absolute atomic E-state index is 0.00881. The van der Waals surface area contributed by atoms with E-state index in [1.165, 1.54) is 0 Å². The molecular weight excluding hydrogens is 294 g/mol. The molecule has 1 heterocycles. The lowest BCUT2D eigenvalue weighted by molar-refractivity contribution is 0.0276. The van der Waals surface area contributed by atoms with Crippen LogP contribution in [0, 0.1) is 11.3 Å². The Morgan fingerprint density at radius 1 is 1.61 bits per heavy atom. The van der Waals surface area contributed by atoms with Crippen molar-refractivity contribution in [3.8, 4) is 6.07 Å². The Kier molecular flexibility index (Phi) is 4.23. The van der Waals surface area contributed by atoms with E-state index in [0.717, 1.165) is 23.2 Å². The van der Waals surface area contributed by atoms with E-state index in [1.807, 2.05) is 25.1 Å². The molecule has 1 aliphatic heterocycles. The summed E-state index contributed by atoms with van der Waals surface area (Å²) in [4.78, 5) is 2.17. The standard InChI is InChI=1S/C13H16BrN3O/c1-9(16)13-8-17(5-6-18-13)12-4-2-3-11(14)10(12)7-15/h2-4,9,13H,5-6,8,16H2,1H3. The van der Waals surface area contributed by atoms with E-state index < -0.39 is 0 Å². The summed E-state index contributed by atoms with van der Waals surface area (Å²) in [5.74, 6) is 0. The van der Waals surface area contributed by atoms with E-state index in [0.29, 0.717) is 12.2 Å². The van der Waals surface area contributed by atoms with Gasteiger partial charge < -0.3 is 15.4 Å². The number of anilines is 1. The number of ether oxygens (including phenoxy) is 1. The number of nitrogens with zero attached hydrogens (tertiary/aromatic N) is 2. The summed E-state index contributed by atoms with van der Waals surface area (Å²) < 4.78 is 6.46. The van der Waals surface area contributed by atoms with Gasteiger partial charge in [-0.1, -0.05) is 6.07 Å². The van der Waals surface area contributed by atoms with Gasteiger partial charge in [0.15, 0.2) is 0 Å². The van der Waals surface area contributed by atoms with E-state index in [1.54, 1.807) is 0 Å². The normalized spacial score (nSPS) is 21.4. The summed E-state index contributed by atoms with van der Waals surface area (Å²) in [6, 6.07) is 8.02. The van der Waals surface area contributed by atoms with Gasteiger partial charge in [-0.2, -0.15) is 5.26 Å². The van der Waals surface area contributed by atoms with Crippen LogP contribution in [0.5, 0.6) is 0 Å². The quantitative estimate of drug-likeness (QED) is 0.906. The minimum Gasteiger partial charge on any atom is -0.373 e. The number of rotatable bonds is 2. The highest BCUT2D eigenvalue weighted by atomic mass is 79.9. The van der Waals surface area contributed by atoms with Crippen LogP contribution in [-0.2, 0) is 4.74 Å². The number of hydrogen-bond donors (Lipinski definition) is 1. The molecule has 2 atom stereocenters. The third-order valence-corrected chi connectivity index (χ3v) is 3.78. The summed E-state index contributed by atoms with van der Waals surface area (Å²) in [7, 11) is 0. The summed E-state index contributed by atoms with van der Waals surface area (Å²) >= 11 is 3.41.